The average molecular weight is 325 g/mol. The van der Waals surface area contributed by atoms with Gasteiger partial charge >= 0.3 is 6.09 Å². The summed E-state index contributed by atoms with van der Waals surface area (Å²) in [6.45, 7) is 8.95. The Balaban J connectivity index is 1.58. The van der Waals surface area contributed by atoms with Crippen molar-refractivity contribution in [3.63, 3.8) is 0 Å². The molecule has 7 heteroatoms. The van der Waals surface area contributed by atoms with Crippen LogP contribution < -0.4 is 4.90 Å². The fourth-order valence-electron chi connectivity index (χ4n) is 3.12. The summed E-state index contributed by atoms with van der Waals surface area (Å²) in [7, 11) is 0. The van der Waals surface area contributed by atoms with Crippen molar-refractivity contribution in [1.29, 1.82) is 0 Å². The lowest BCUT2D eigenvalue weighted by molar-refractivity contribution is 0.0282. The lowest BCUT2D eigenvalue weighted by Gasteiger charge is -2.26. The number of nitrogens with zero attached hydrogens (tertiary/aromatic N) is 4. The standard InChI is InChI=1S/C15H21ClN4O2/c1-15(2,3)22-14(21)20-8-10-6-19(7-11(10)9-20)13-5-17-12(16)4-18-13/h4-5,10-11H,6-9H2,1-3H3. The number of carbonyl (C=O) groups excluding carboxylic acids is 1. The average Bonchev–Trinajstić information content (AvgIpc) is 2.95. The van der Waals surface area contributed by atoms with Crippen molar-refractivity contribution in [2.45, 2.75) is 26.4 Å². The number of amides is 1. The highest BCUT2D eigenvalue weighted by atomic mass is 35.5. The zero-order valence-corrected chi connectivity index (χ0v) is 13.9. The Morgan fingerprint density at radius 2 is 1.82 bits per heavy atom. The van der Waals surface area contributed by atoms with Crippen molar-refractivity contribution in [1.82, 2.24) is 14.9 Å². The summed E-state index contributed by atoms with van der Waals surface area (Å²) in [5.74, 6) is 1.78. The molecule has 1 amide bonds. The van der Waals surface area contributed by atoms with Crippen molar-refractivity contribution < 1.29 is 9.53 Å². The summed E-state index contributed by atoms with van der Waals surface area (Å²) < 4.78 is 5.45. The molecule has 2 unspecified atom stereocenters. The van der Waals surface area contributed by atoms with Crippen LogP contribution in [0.4, 0.5) is 10.6 Å². The summed E-state index contributed by atoms with van der Waals surface area (Å²) in [5.41, 5.74) is -0.445. The van der Waals surface area contributed by atoms with Gasteiger partial charge in [0.25, 0.3) is 0 Å². The zero-order valence-electron chi connectivity index (χ0n) is 13.1. The predicted octanol–water partition coefficient (Wildman–Crippen LogP) is 2.43. The molecule has 2 fully saturated rings. The number of halogens is 1. The first-order valence-corrected chi connectivity index (χ1v) is 7.90. The summed E-state index contributed by atoms with van der Waals surface area (Å²) in [6.07, 6.45) is 3.06. The van der Waals surface area contributed by atoms with Gasteiger partial charge in [-0.1, -0.05) is 11.6 Å². The van der Waals surface area contributed by atoms with E-state index >= 15 is 0 Å². The molecule has 0 aromatic carbocycles. The molecule has 3 heterocycles. The molecule has 0 N–H and O–H groups in total. The Morgan fingerprint density at radius 3 is 2.32 bits per heavy atom. The van der Waals surface area contributed by atoms with Gasteiger partial charge in [0.2, 0.25) is 0 Å². The van der Waals surface area contributed by atoms with Gasteiger partial charge in [-0.25, -0.2) is 14.8 Å². The van der Waals surface area contributed by atoms with Crippen LogP contribution in [0.25, 0.3) is 0 Å². The molecule has 22 heavy (non-hydrogen) atoms. The number of carbonyl (C=O) groups is 1. The molecule has 1 aromatic heterocycles. The van der Waals surface area contributed by atoms with E-state index in [4.69, 9.17) is 16.3 Å². The Kier molecular flexibility index (Phi) is 3.89. The monoisotopic (exact) mass is 324 g/mol. The highest BCUT2D eigenvalue weighted by Gasteiger charge is 2.43. The Hall–Kier alpha value is -1.56. The van der Waals surface area contributed by atoms with E-state index < -0.39 is 5.60 Å². The van der Waals surface area contributed by atoms with Crippen LogP contribution >= 0.6 is 11.6 Å². The van der Waals surface area contributed by atoms with E-state index in [9.17, 15) is 4.79 Å². The zero-order chi connectivity index (χ0) is 15.9. The molecule has 2 aliphatic rings. The van der Waals surface area contributed by atoms with Gasteiger partial charge in [-0.3, -0.25) is 0 Å². The fourth-order valence-corrected chi connectivity index (χ4v) is 3.22. The van der Waals surface area contributed by atoms with E-state index in [0.717, 1.165) is 32.0 Å². The Morgan fingerprint density at radius 1 is 1.18 bits per heavy atom. The molecule has 2 atom stereocenters. The maximum Gasteiger partial charge on any atom is 0.410 e. The van der Waals surface area contributed by atoms with Crippen molar-refractivity contribution in [3.05, 3.63) is 17.5 Å². The molecular weight excluding hydrogens is 304 g/mol. The third kappa shape index (κ3) is 3.27. The van der Waals surface area contributed by atoms with Crippen molar-refractivity contribution >= 4 is 23.5 Å². The number of hydrogen-bond donors (Lipinski definition) is 0. The minimum absolute atomic E-state index is 0.209. The second kappa shape index (κ2) is 5.57. The molecule has 2 saturated heterocycles. The van der Waals surface area contributed by atoms with Crippen LogP contribution in [0, 0.1) is 11.8 Å². The largest absolute Gasteiger partial charge is 0.444 e. The van der Waals surface area contributed by atoms with E-state index in [1.807, 2.05) is 25.7 Å². The summed E-state index contributed by atoms with van der Waals surface area (Å²) in [6, 6.07) is 0. The first-order chi connectivity index (χ1) is 10.3. The van der Waals surface area contributed by atoms with Crippen LogP contribution in [-0.4, -0.2) is 52.7 Å². The topological polar surface area (TPSA) is 58.6 Å². The molecular formula is C15H21ClN4O2. The van der Waals surface area contributed by atoms with Crippen LogP contribution in [0.5, 0.6) is 0 Å². The van der Waals surface area contributed by atoms with Crippen LogP contribution in [0.2, 0.25) is 5.15 Å². The van der Waals surface area contributed by atoms with Crippen LogP contribution in [0.3, 0.4) is 0 Å². The van der Waals surface area contributed by atoms with Gasteiger partial charge in [-0.2, -0.15) is 0 Å². The molecule has 3 rings (SSSR count). The van der Waals surface area contributed by atoms with Crippen molar-refractivity contribution in [2.75, 3.05) is 31.1 Å². The Bertz CT molecular complexity index is 544. The number of ether oxygens (including phenoxy) is 1. The molecule has 2 aliphatic heterocycles. The second-order valence-electron chi connectivity index (χ2n) is 7.01. The lowest BCUT2D eigenvalue weighted by Crippen LogP contribution is -2.37. The SMILES string of the molecule is CC(C)(C)OC(=O)N1CC2CN(c3cnc(Cl)cn3)CC2C1. The van der Waals surface area contributed by atoms with E-state index in [-0.39, 0.29) is 6.09 Å². The maximum atomic E-state index is 12.1. The number of likely N-dealkylation sites (tertiary alicyclic amines) is 1. The third-order valence-electron chi connectivity index (χ3n) is 4.07. The number of fused-ring (bicyclic) bond motifs is 1. The van der Waals surface area contributed by atoms with E-state index in [2.05, 4.69) is 14.9 Å². The molecule has 0 aliphatic carbocycles. The number of hydrogen-bond acceptors (Lipinski definition) is 5. The minimum atomic E-state index is -0.445. The van der Waals surface area contributed by atoms with Crippen LogP contribution in [-0.2, 0) is 4.74 Å². The molecule has 0 saturated carbocycles. The third-order valence-corrected chi connectivity index (χ3v) is 4.26. The molecule has 0 bridgehead atoms. The molecule has 6 nitrogen and oxygen atoms in total. The maximum absolute atomic E-state index is 12.1. The fraction of sp³-hybridized carbons (Fsp3) is 0.667. The number of rotatable bonds is 1. The van der Waals surface area contributed by atoms with Crippen LogP contribution in [0.1, 0.15) is 20.8 Å². The van der Waals surface area contributed by atoms with E-state index in [1.165, 1.54) is 0 Å². The van der Waals surface area contributed by atoms with Gasteiger partial charge < -0.3 is 14.5 Å². The molecule has 120 valence electrons. The second-order valence-corrected chi connectivity index (χ2v) is 7.40. The van der Waals surface area contributed by atoms with Crippen LogP contribution in [0.15, 0.2) is 12.4 Å². The number of anilines is 1. The van der Waals surface area contributed by atoms with Gasteiger partial charge in [-0.15, -0.1) is 0 Å². The summed E-state index contributed by atoms with van der Waals surface area (Å²) in [5, 5.41) is 0.402. The number of aromatic nitrogens is 2. The summed E-state index contributed by atoms with van der Waals surface area (Å²) >= 11 is 5.77. The normalized spacial score (nSPS) is 24.5. The summed E-state index contributed by atoms with van der Waals surface area (Å²) in [4.78, 5) is 24.6. The van der Waals surface area contributed by atoms with Gasteiger partial charge in [0, 0.05) is 38.0 Å². The van der Waals surface area contributed by atoms with Gasteiger partial charge in [0.1, 0.15) is 16.6 Å². The lowest BCUT2D eigenvalue weighted by atomic mass is 10.0. The van der Waals surface area contributed by atoms with E-state index in [0.29, 0.717) is 17.0 Å². The Labute approximate surface area is 135 Å². The van der Waals surface area contributed by atoms with Gasteiger partial charge in [-0.05, 0) is 20.8 Å². The minimum Gasteiger partial charge on any atom is -0.444 e. The van der Waals surface area contributed by atoms with Crippen molar-refractivity contribution in [2.24, 2.45) is 11.8 Å². The molecule has 1 aromatic rings. The first kappa shape index (κ1) is 15.3. The van der Waals surface area contributed by atoms with E-state index in [1.54, 1.807) is 12.4 Å². The highest BCUT2D eigenvalue weighted by molar-refractivity contribution is 6.29. The van der Waals surface area contributed by atoms with Gasteiger partial charge in [0.15, 0.2) is 0 Å². The molecule has 0 radical (unpaired) electrons. The first-order valence-electron chi connectivity index (χ1n) is 7.52. The van der Waals surface area contributed by atoms with Crippen molar-refractivity contribution in [3.8, 4) is 0 Å². The smallest absolute Gasteiger partial charge is 0.410 e. The quantitative estimate of drug-likeness (QED) is 0.794. The van der Waals surface area contributed by atoms with Gasteiger partial charge in [0.05, 0.1) is 12.4 Å². The predicted molar refractivity (Wildman–Crippen MR) is 84.0 cm³/mol. The highest BCUT2D eigenvalue weighted by Crippen LogP contribution is 2.33. The molecule has 0 spiro atoms.